The normalized spacial score (nSPS) is 11.6. The fraction of sp³-hybridized carbons (Fsp3) is 0. The molecule has 0 aliphatic carbocycles. The van der Waals surface area contributed by atoms with Crippen molar-refractivity contribution in [2.24, 2.45) is 0 Å². The van der Waals surface area contributed by atoms with Gasteiger partial charge in [-0.25, -0.2) is 0 Å². The van der Waals surface area contributed by atoms with E-state index in [-0.39, 0.29) is 5.56 Å². The third-order valence-corrected chi connectivity index (χ3v) is 10.3. The van der Waals surface area contributed by atoms with E-state index in [1.165, 1.54) is 43.4 Å². The van der Waals surface area contributed by atoms with Crippen LogP contribution in [0.1, 0.15) is 0 Å². The van der Waals surface area contributed by atoms with Crippen LogP contribution in [0.25, 0.3) is 93.1 Å². The maximum Gasteiger partial charge on any atom is 0.263 e. The molecule has 0 amide bonds. The predicted molar refractivity (Wildman–Crippen MR) is 216 cm³/mol. The van der Waals surface area contributed by atoms with Gasteiger partial charge in [0.15, 0.2) is 0 Å². The highest BCUT2D eigenvalue weighted by Gasteiger charge is 2.19. The Morgan fingerprint density at radius 1 is 0.314 bits per heavy atom. The minimum atomic E-state index is -0.0277. The van der Waals surface area contributed by atoms with Crippen molar-refractivity contribution < 1.29 is 0 Å². The van der Waals surface area contributed by atoms with E-state index in [0.29, 0.717) is 5.39 Å². The average Bonchev–Trinajstić information content (AvgIpc) is 3.20. The predicted octanol–water partition coefficient (Wildman–Crippen LogP) is 12.6. The van der Waals surface area contributed by atoms with Crippen molar-refractivity contribution in [3.05, 3.63) is 198 Å². The van der Waals surface area contributed by atoms with Gasteiger partial charge >= 0.3 is 0 Å². The van der Waals surface area contributed by atoms with E-state index in [1.807, 2.05) is 41.0 Å². The van der Waals surface area contributed by atoms with Gasteiger partial charge in [0.05, 0.1) is 11.2 Å². The quantitative estimate of drug-likeness (QED) is 0.137. The molecule has 1 aromatic heterocycles. The summed E-state index contributed by atoms with van der Waals surface area (Å²) in [5.41, 5.74) is 8.49. The fourth-order valence-corrected chi connectivity index (χ4v) is 8.06. The fourth-order valence-electron chi connectivity index (χ4n) is 8.06. The molecule has 2 heteroatoms. The van der Waals surface area contributed by atoms with Crippen LogP contribution in [-0.2, 0) is 0 Å². The molecule has 0 saturated heterocycles. The zero-order valence-electron chi connectivity index (χ0n) is 27.8. The maximum atomic E-state index is 14.6. The summed E-state index contributed by atoms with van der Waals surface area (Å²) in [4.78, 5) is 14.6. The van der Waals surface area contributed by atoms with Crippen LogP contribution >= 0.6 is 0 Å². The lowest BCUT2D eigenvalue weighted by atomic mass is 9.85. The average molecular weight is 650 g/mol. The lowest BCUT2D eigenvalue weighted by Gasteiger charge is -2.20. The third kappa shape index (κ3) is 4.69. The molecular weight excluding hydrogens is 619 g/mol. The maximum absolute atomic E-state index is 14.6. The first-order valence-electron chi connectivity index (χ1n) is 17.4. The Labute approximate surface area is 295 Å². The van der Waals surface area contributed by atoms with Crippen LogP contribution in [-0.4, -0.2) is 4.57 Å². The summed E-state index contributed by atoms with van der Waals surface area (Å²) in [5, 5.41) is 9.84. The van der Waals surface area contributed by atoms with Crippen LogP contribution < -0.4 is 5.56 Å². The lowest BCUT2D eigenvalue weighted by molar-refractivity contribution is 1.06. The molecule has 1 heterocycles. The van der Waals surface area contributed by atoms with Gasteiger partial charge in [-0.2, -0.15) is 0 Å². The molecule has 0 radical (unpaired) electrons. The molecule has 10 aromatic rings. The summed E-state index contributed by atoms with van der Waals surface area (Å²) < 4.78 is 1.91. The number of aromatic nitrogens is 1. The highest BCUT2D eigenvalue weighted by atomic mass is 16.1. The molecule has 0 aliphatic rings. The summed E-state index contributed by atoms with van der Waals surface area (Å²) in [6.07, 6.45) is 0. The van der Waals surface area contributed by atoms with Crippen molar-refractivity contribution in [1.29, 1.82) is 0 Å². The van der Waals surface area contributed by atoms with E-state index in [2.05, 4.69) is 152 Å². The van der Waals surface area contributed by atoms with Gasteiger partial charge in [-0.15, -0.1) is 0 Å². The Morgan fingerprint density at radius 3 is 1.51 bits per heavy atom. The van der Waals surface area contributed by atoms with Gasteiger partial charge in [-0.05, 0) is 107 Å². The Bertz CT molecular complexity index is 2990. The molecule has 0 atom stereocenters. The molecule has 0 N–H and O–H groups in total. The van der Waals surface area contributed by atoms with Crippen LogP contribution in [0.4, 0.5) is 0 Å². The van der Waals surface area contributed by atoms with E-state index in [0.717, 1.165) is 44.2 Å². The van der Waals surface area contributed by atoms with Crippen LogP contribution in [0, 0.1) is 0 Å². The summed E-state index contributed by atoms with van der Waals surface area (Å²) >= 11 is 0. The number of fused-ring (bicyclic) bond motifs is 6. The SMILES string of the molecule is O=c1c2ccccc2c2ccccc2n1-c1cc(-c2ccc3ccccc3c2)cc(-c2c3ccccc3c(-c3ccccc3)c3ccccc23)c1. The topological polar surface area (TPSA) is 22.0 Å². The summed E-state index contributed by atoms with van der Waals surface area (Å²) in [6, 6.07) is 66.2. The van der Waals surface area contributed by atoms with E-state index in [9.17, 15) is 4.79 Å². The summed E-state index contributed by atoms with van der Waals surface area (Å²) in [6.45, 7) is 0. The number of para-hydroxylation sites is 1. The van der Waals surface area contributed by atoms with Crippen molar-refractivity contribution in [2.45, 2.75) is 0 Å². The Hall–Kier alpha value is -6.77. The zero-order chi connectivity index (χ0) is 33.9. The second kappa shape index (κ2) is 11.7. The second-order valence-electron chi connectivity index (χ2n) is 13.2. The van der Waals surface area contributed by atoms with Crippen LogP contribution in [0.5, 0.6) is 0 Å². The molecule has 0 bridgehead atoms. The van der Waals surface area contributed by atoms with E-state index in [4.69, 9.17) is 0 Å². The summed E-state index contributed by atoms with van der Waals surface area (Å²) in [7, 11) is 0. The Balaban J connectivity index is 1.35. The van der Waals surface area contributed by atoms with Gasteiger partial charge < -0.3 is 0 Å². The monoisotopic (exact) mass is 649 g/mol. The van der Waals surface area contributed by atoms with Gasteiger partial charge in [-0.1, -0.05) is 152 Å². The molecule has 10 rings (SSSR count). The molecular formula is C49H31NO. The summed E-state index contributed by atoms with van der Waals surface area (Å²) in [5.74, 6) is 0. The third-order valence-electron chi connectivity index (χ3n) is 10.3. The van der Waals surface area contributed by atoms with Gasteiger partial charge in [0.2, 0.25) is 0 Å². The molecule has 0 aliphatic heterocycles. The van der Waals surface area contributed by atoms with Gasteiger partial charge in [0.1, 0.15) is 0 Å². The Morgan fingerprint density at radius 2 is 0.824 bits per heavy atom. The van der Waals surface area contributed by atoms with E-state index < -0.39 is 0 Å². The lowest BCUT2D eigenvalue weighted by Crippen LogP contribution is -2.19. The van der Waals surface area contributed by atoms with Crippen molar-refractivity contribution in [1.82, 2.24) is 4.57 Å². The van der Waals surface area contributed by atoms with Gasteiger partial charge in [0, 0.05) is 10.8 Å². The largest absolute Gasteiger partial charge is 0.276 e. The first kappa shape index (κ1) is 29.2. The molecule has 238 valence electrons. The number of hydrogen-bond donors (Lipinski definition) is 0. The van der Waals surface area contributed by atoms with Crippen molar-refractivity contribution >= 4 is 54.0 Å². The Kier molecular flexibility index (Phi) is 6.68. The van der Waals surface area contributed by atoms with Crippen molar-refractivity contribution in [3.63, 3.8) is 0 Å². The highest BCUT2D eigenvalue weighted by Crippen LogP contribution is 2.45. The first-order chi connectivity index (χ1) is 25.2. The minimum Gasteiger partial charge on any atom is -0.276 e. The smallest absolute Gasteiger partial charge is 0.263 e. The van der Waals surface area contributed by atoms with Gasteiger partial charge in [-0.3, -0.25) is 9.36 Å². The number of hydrogen-bond acceptors (Lipinski definition) is 1. The molecule has 0 spiro atoms. The molecule has 0 saturated carbocycles. The van der Waals surface area contributed by atoms with E-state index >= 15 is 0 Å². The second-order valence-corrected chi connectivity index (χ2v) is 13.2. The van der Waals surface area contributed by atoms with E-state index in [1.54, 1.807) is 0 Å². The van der Waals surface area contributed by atoms with Crippen LogP contribution in [0.3, 0.4) is 0 Å². The van der Waals surface area contributed by atoms with Crippen molar-refractivity contribution in [2.75, 3.05) is 0 Å². The van der Waals surface area contributed by atoms with Crippen molar-refractivity contribution in [3.8, 4) is 39.1 Å². The standard InChI is InChI=1S/C49H31NO/c51-49-45-24-11-6-18-39(45)40-19-12-13-25-46(40)50(49)38-30-36(35-27-26-32-14-4-5-17-34(32)28-35)29-37(31-38)48-43-22-9-7-20-41(43)47(33-15-2-1-3-16-33)42-21-8-10-23-44(42)48/h1-31H. The first-order valence-corrected chi connectivity index (χ1v) is 17.4. The number of rotatable bonds is 4. The van der Waals surface area contributed by atoms with Gasteiger partial charge in [0.25, 0.3) is 5.56 Å². The minimum absolute atomic E-state index is 0.0277. The zero-order valence-corrected chi connectivity index (χ0v) is 27.8. The number of benzene rings is 9. The van der Waals surface area contributed by atoms with Crippen LogP contribution in [0.2, 0.25) is 0 Å². The molecule has 9 aromatic carbocycles. The molecule has 0 unspecified atom stereocenters. The highest BCUT2D eigenvalue weighted by molar-refractivity contribution is 6.21. The number of pyridine rings is 1. The number of nitrogens with zero attached hydrogens (tertiary/aromatic N) is 1. The molecule has 51 heavy (non-hydrogen) atoms. The molecule has 0 fully saturated rings. The molecule has 2 nitrogen and oxygen atoms in total. The van der Waals surface area contributed by atoms with Crippen LogP contribution in [0.15, 0.2) is 193 Å².